The summed E-state index contributed by atoms with van der Waals surface area (Å²) in [6.07, 6.45) is 2.00. The minimum Gasteiger partial charge on any atom is -0.434 e. The molecule has 0 aliphatic carbocycles. The summed E-state index contributed by atoms with van der Waals surface area (Å²) >= 11 is 0. The second-order valence-electron chi connectivity index (χ2n) is 4.75. The fraction of sp³-hybridized carbons (Fsp3) is 0.600. The van der Waals surface area contributed by atoms with E-state index in [9.17, 15) is 8.78 Å². The Morgan fingerprint density at radius 3 is 2.55 bits per heavy atom. The summed E-state index contributed by atoms with van der Waals surface area (Å²) in [7, 11) is 1.66. The van der Waals surface area contributed by atoms with Gasteiger partial charge in [-0.05, 0) is 19.4 Å². The van der Waals surface area contributed by atoms with Crippen LogP contribution in [0.2, 0.25) is 0 Å². The molecule has 0 fully saturated rings. The van der Waals surface area contributed by atoms with Gasteiger partial charge in [0.2, 0.25) is 0 Å². The molecule has 0 aliphatic heterocycles. The third-order valence-electron chi connectivity index (χ3n) is 3.09. The van der Waals surface area contributed by atoms with Gasteiger partial charge in [0.1, 0.15) is 5.75 Å². The van der Waals surface area contributed by atoms with Crippen LogP contribution in [-0.2, 0) is 4.74 Å². The van der Waals surface area contributed by atoms with Crippen LogP contribution in [0, 0.1) is 0 Å². The largest absolute Gasteiger partial charge is 0.434 e. The van der Waals surface area contributed by atoms with Gasteiger partial charge in [0.25, 0.3) is 0 Å². The maximum absolute atomic E-state index is 12.4. The van der Waals surface area contributed by atoms with Crippen molar-refractivity contribution >= 4 is 0 Å². The number of hydrogen-bond donors (Lipinski definition) is 1. The predicted octanol–water partition coefficient (Wildman–Crippen LogP) is 3.75. The Labute approximate surface area is 119 Å². The van der Waals surface area contributed by atoms with Gasteiger partial charge in [-0.2, -0.15) is 8.78 Å². The molecule has 0 heterocycles. The maximum Gasteiger partial charge on any atom is 0.387 e. The van der Waals surface area contributed by atoms with Crippen LogP contribution in [0.4, 0.5) is 8.78 Å². The smallest absolute Gasteiger partial charge is 0.387 e. The maximum atomic E-state index is 12.4. The van der Waals surface area contributed by atoms with Gasteiger partial charge in [-0.3, -0.25) is 0 Å². The average molecular weight is 287 g/mol. The molecule has 1 aromatic carbocycles. The lowest BCUT2D eigenvalue weighted by Gasteiger charge is -2.24. The lowest BCUT2D eigenvalue weighted by molar-refractivity contribution is -0.0507. The van der Waals surface area contributed by atoms with Crippen molar-refractivity contribution in [3.05, 3.63) is 29.8 Å². The molecule has 2 unspecified atom stereocenters. The standard InChI is InChI=1S/C15H23F2NO2/c1-4-7-12(10-19-3)18-11(2)13-8-5-6-9-14(13)20-15(16)17/h5-6,8-9,11-12,15,18H,4,7,10H2,1-3H3. The summed E-state index contributed by atoms with van der Waals surface area (Å²) in [6, 6.07) is 6.97. The van der Waals surface area contributed by atoms with Crippen molar-refractivity contribution in [2.45, 2.75) is 45.4 Å². The van der Waals surface area contributed by atoms with Gasteiger partial charge in [0, 0.05) is 24.8 Å². The average Bonchev–Trinajstić information content (AvgIpc) is 2.39. The van der Waals surface area contributed by atoms with E-state index in [1.54, 1.807) is 25.3 Å². The van der Waals surface area contributed by atoms with E-state index >= 15 is 0 Å². The Kier molecular flexibility index (Phi) is 7.47. The summed E-state index contributed by atoms with van der Waals surface area (Å²) in [5, 5.41) is 3.40. The number of alkyl halides is 2. The molecule has 0 bridgehead atoms. The quantitative estimate of drug-likeness (QED) is 0.750. The molecule has 20 heavy (non-hydrogen) atoms. The molecule has 0 saturated carbocycles. The van der Waals surface area contributed by atoms with Crippen molar-refractivity contribution in [3.63, 3.8) is 0 Å². The van der Waals surface area contributed by atoms with Crippen LogP contribution in [0.25, 0.3) is 0 Å². The van der Waals surface area contributed by atoms with Crippen molar-refractivity contribution in [1.82, 2.24) is 5.32 Å². The molecule has 1 rings (SSSR count). The molecule has 0 aliphatic rings. The topological polar surface area (TPSA) is 30.5 Å². The summed E-state index contributed by atoms with van der Waals surface area (Å²) in [5.41, 5.74) is 0.727. The minimum absolute atomic E-state index is 0.0864. The summed E-state index contributed by atoms with van der Waals surface area (Å²) in [6.45, 7) is 1.82. The second-order valence-corrected chi connectivity index (χ2v) is 4.75. The number of benzene rings is 1. The third kappa shape index (κ3) is 5.43. The van der Waals surface area contributed by atoms with Gasteiger partial charge < -0.3 is 14.8 Å². The summed E-state index contributed by atoms with van der Waals surface area (Å²) < 4.78 is 34.5. The molecule has 1 aromatic rings. The lowest BCUT2D eigenvalue weighted by Crippen LogP contribution is -2.35. The number of methoxy groups -OCH3 is 1. The van der Waals surface area contributed by atoms with Crippen LogP contribution in [0.15, 0.2) is 24.3 Å². The summed E-state index contributed by atoms with van der Waals surface area (Å²) in [5.74, 6) is 0.218. The van der Waals surface area contributed by atoms with Crippen LogP contribution in [0.5, 0.6) is 5.75 Å². The Bertz CT molecular complexity index is 382. The molecule has 3 nitrogen and oxygen atoms in total. The van der Waals surface area contributed by atoms with Gasteiger partial charge in [-0.1, -0.05) is 31.5 Å². The van der Waals surface area contributed by atoms with Crippen LogP contribution in [0.1, 0.15) is 38.3 Å². The van der Waals surface area contributed by atoms with Crippen LogP contribution in [0.3, 0.4) is 0 Å². The molecular weight excluding hydrogens is 264 g/mol. The van der Waals surface area contributed by atoms with E-state index in [2.05, 4.69) is 17.0 Å². The molecule has 2 atom stereocenters. The van der Waals surface area contributed by atoms with Crippen molar-refractivity contribution in [2.75, 3.05) is 13.7 Å². The molecular formula is C15H23F2NO2. The van der Waals surface area contributed by atoms with E-state index in [0.717, 1.165) is 18.4 Å². The van der Waals surface area contributed by atoms with Gasteiger partial charge in [0.15, 0.2) is 0 Å². The van der Waals surface area contributed by atoms with E-state index in [1.165, 1.54) is 0 Å². The first-order chi connectivity index (χ1) is 9.58. The third-order valence-corrected chi connectivity index (χ3v) is 3.09. The van der Waals surface area contributed by atoms with Gasteiger partial charge in [-0.15, -0.1) is 0 Å². The molecule has 1 N–H and O–H groups in total. The van der Waals surface area contributed by atoms with Crippen LogP contribution in [-0.4, -0.2) is 26.4 Å². The molecule has 5 heteroatoms. The number of para-hydroxylation sites is 1. The SMILES string of the molecule is CCCC(COC)NC(C)c1ccccc1OC(F)F. The first-order valence-corrected chi connectivity index (χ1v) is 6.87. The van der Waals surface area contributed by atoms with Gasteiger partial charge >= 0.3 is 6.61 Å². The van der Waals surface area contributed by atoms with Gasteiger partial charge in [0.05, 0.1) is 6.61 Å². The van der Waals surface area contributed by atoms with E-state index < -0.39 is 6.61 Å². The first kappa shape index (κ1) is 16.9. The highest BCUT2D eigenvalue weighted by Gasteiger charge is 2.17. The Balaban J connectivity index is 2.77. The highest BCUT2D eigenvalue weighted by Crippen LogP contribution is 2.26. The fourth-order valence-corrected chi connectivity index (χ4v) is 2.25. The Morgan fingerprint density at radius 2 is 1.95 bits per heavy atom. The molecule has 114 valence electrons. The van der Waals surface area contributed by atoms with E-state index in [-0.39, 0.29) is 17.8 Å². The first-order valence-electron chi connectivity index (χ1n) is 6.87. The molecule has 0 amide bonds. The van der Waals surface area contributed by atoms with Crippen molar-refractivity contribution in [2.24, 2.45) is 0 Å². The number of ether oxygens (including phenoxy) is 2. The predicted molar refractivity (Wildman–Crippen MR) is 75.2 cm³/mol. The molecule has 0 aromatic heterocycles. The second kappa shape index (κ2) is 8.87. The molecule has 0 spiro atoms. The highest BCUT2D eigenvalue weighted by atomic mass is 19.3. The molecule has 0 radical (unpaired) electrons. The Morgan fingerprint density at radius 1 is 1.25 bits per heavy atom. The molecule has 0 saturated heterocycles. The monoisotopic (exact) mass is 287 g/mol. The van der Waals surface area contributed by atoms with Gasteiger partial charge in [-0.25, -0.2) is 0 Å². The van der Waals surface area contributed by atoms with Crippen molar-refractivity contribution < 1.29 is 18.3 Å². The zero-order valence-electron chi connectivity index (χ0n) is 12.2. The number of hydrogen-bond acceptors (Lipinski definition) is 3. The number of halogens is 2. The zero-order chi connectivity index (χ0) is 15.0. The normalized spacial score (nSPS) is 14.3. The van der Waals surface area contributed by atoms with E-state index in [4.69, 9.17) is 4.74 Å². The van der Waals surface area contributed by atoms with Crippen LogP contribution < -0.4 is 10.1 Å². The minimum atomic E-state index is -2.81. The highest BCUT2D eigenvalue weighted by molar-refractivity contribution is 5.35. The van der Waals surface area contributed by atoms with E-state index in [0.29, 0.717) is 6.61 Å². The van der Waals surface area contributed by atoms with Crippen LogP contribution >= 0.6 is 0 Å². The zero-order valence-corrected chi connectivity index (χ0v) is 12.2. The lowest BCUT2D eigenvalue weighted by atomic mass is 10.0. The van der Waals surface area contributed by atoms with E-state index in [1.807, 2.05) is 13.0 Å². The van der Waals surface area contributed by atoms with Crippen molar-refractivity contribution in [1.29, 1.82) is 0 Å². The number of nitrogens with one attached hydrogen (secondary N) is 1. The Hall–Kier alpha value is -1.20. The number of rotatable bonds is 9. The van der Waals surface area contributed by atoms with Crippen molar-refractivity contribution in [3.8, 4) is 5.75 Å². The fourth-order valence-electron chi connectivity index (χ4n) is 2.25. The summed E-state index contributed by atoms with van der Waals surface area (Å²) in [4.78, 5) is 0.